The SMILES string of the molecule is C/C=C(\C=C/N)C(C)C.CC. The third-order valence-corrected chi connectivity index (χ3v) is 1.29. The molecule has 0 atom stereocenters. The van der Waals surface area contributed by atoms with Gasteiger partial charge in [-0.25, -0.2) is 0 Å². The van der Waals surface area contributed by atoms with Crippen LogP contribution in [0.1, 0.15) is 34.6 Å². The summed E-state index contributed by atoms with van der Waals surface area (Å²) in [6, 6.07) is 0. The predicted molar refractivity (Wildman–Crippen MR) is 53.3 cm³/mol. The second-order valence-electron chi connectivity index (χ2n) is 2.30. The highest BCUT2D eigenvalue weighted by molar-refractivity contribution is 5.18. The Hall–Kier alpha value is -0.720. The summed E-state index contributed by atoms with van der Waals surface area (Å²) in [6.45, 7) is 10.3. The number of rotatable bonds is 2. The van der Waals surface area contributed by atoms with Crippen molar-refractivity contribution in [3.63, 3.8) is 0 Å². The van der Waals surface area contributed by atoms with Gasteiger partial charge in [-0.15, -0.1) is 0 Å². The standard InChI is InChI=1S/C8H15N.C2H6/c1-4-8(5-6-9)7(2)3;1-2/h4-7H,9H2,1-3H3;1-2H3/b6-5-,8-4+;. The first kappa shape index (κ1) is 12.9. The molecule has 0 aromatic rings. The molecule has 0 amide bonds. The molecule has 0 heterocycles. The molecule has 0 aliphatic carbocycles. The summed E-state index contributed by atoms with van der Waals surface area (Å²) in [6.07, 6.45) is 5.59. The van der Waals surface area contributed by atoms with Crippen molar-refractivity contribution in [3.05, 3.63) is 23.9 Å². The van der Waals surface area contributed by atoms with Crippen LogP contribution in [0, 0.1) is 5.92 Å². The van der Waals surface area contributed by atoms with E-state index in [1.807, 2.05) is 26.8 Å². The van der Waals surface area contributed by atoms with Gasteiger partial charge in [0.15, 0.2) is 0 Å². The van der Waals surface area contributed by atoms with Crippen molar-refractivity contribution in [1.82, 2.24) is 0 Å². The van der Waals surface area contributed by atoms with Gasteiger partial charge in [-0.1, -0.05) is 33.8 Å². The van der Waals surface area contributed by atoms with Crippen LogP contribution >= 0.6 is 0 Å². The van der Waals surface area contributed by atoms with E-state index in [1.165, 1.54) is 5.57 Å². The molecule has 0 aliphatic heterocycles. The van der Waals surface area contributed by atoms with Gasteiger partial charge in [-0.05, 0) is 30.7 Å². The zero-order valence-electron chi connectivity index (χ0n) is 8.39. The smallest absolute Gasteiger partial charge is 0.00596 e. The van der Waals surface area contributed by atoms with Gasteiger partial charge in [0.05, 0.1) is 0 Å². The highest BCUT2D eigenvalue weighted by Crippen LogP contribution is 2.09. The van der Waals surface area contributed by atoms with Crippen LogP contribution < -0.4 is 5.73 Å². The average Bonchev–Trinajstić information content (AvgIpc) is 2.03. The maximum Gasteiger partial charge on any atom is -0.00596 e. The molecule has 0 aliphatic rings. The first-order chi connectivity index (χ1) is 5.22. The molecule has 0 fully saturated rings. The molecule has 1 nitrogen and oxygen atoms in total. The Bertz CT molecular complexity index is 121. The van der Waals surface area contributed by atoms with E-state index in [4.69, 9.17) is 5.73 Å². The zero-order valence-corrected chi connectivity index (χ0v) is 8.39. The summed E-state index contributed by atoms with van der Waals surface area (Å²) in [5.41, 5.74) is 6.51. The fraction of sp³-hybridized carbons (Fsp3) is 0.600. The van der Waals surface area contributed by atoms with Gasteiger partial charge in [0.25, 0.3) is 0 Å². The molecule has 0 spiro atoms. The molecule has 0 unspecified atom stereocenters. The van der Waals surface area contributed by atoms with E-state index in [0.717, 1.165) is 0 Å². The molecule has 11 heavy (non-hydrogen) atoms. The maximum atomic E-state index is 5.22. The molecule has 66 valence electrons. The topological polar surface area (TPSA) is 26.0 Å². The summed E-state index contributed by atoms with van der Waals surface area (Å²) in [5.74, 6) is 0.579. The molecule has 2 N–H and O–H groups in total. The molecule has 0 rings (SSSR count). The number of allylic oxidation sites excluding steroid dienone is 3. The molecule has 0 radical (unpaired) electrons. The van der Waals surface area contributed by atoms with Gasteiger partial charge in [0, 0.05) is 0 Å². The van der Waals surface area contributed by atoms with Crippen molar-refractivity contribution in [1.29, 1.82) is 0 Å². The van der Waals surface area contributed by atoms with Gasteiger partial charge in [-0.3, -0.25) is 0 Å². The van der Waals surface area contributed by atoms with Crippen molar-refractivity contribution < 1.29 is 0 Å². The Morgan fingerprint density at radius 2 is 1.73 bits per heavy atom. The first-order valence-electron chi connectivity index (χ1n) is 4.26. The van der Waals surface area contributed by atoms with Gasteiger partial charge >= 0.3 is 0 Å². The lowest BCUT2D eigenvalue weighted by Crippen LogP contribution is -1.90. The van der Waals surface area contributed by atoms with Crippen LogP contribution in [0.25, 0.3) is 0 Å². The lowest BCUT2D eigenvalue weighted by molar-refractivity contribution is 0.789. The van der Waals surface area contributed by atoms with Crippen LogP contribution in [-0.2, 0) is 0 Å². The summed E-state index contributed by atoms with van der Waals surface area (Å²) in [7, 11) is 0. The first-order valence-corrected chi connectivity index (χ1v) is 4.26. The minimum atomic E-state index is 0.579. The highest BCUT2D eigenvalue weighted by Gasteiger charge is 1.94. The minimum Gasteiger partial charge on any atom is -0.405 e. The Kier molecular flexibility index (Phi) is 10.9. The quantitative estimate of drug-likeness (QED) is 0.609. The largest absolute Gasteiger partial charge is 0.405 e. The Morgan fingerprint density at radius 1 is 1.27 bits per heavy atom. The molecule has 0 saturated carbocycles. The van der Waals surface area contributed by atoms with E-state index in [0.29, 0.717) is 5.92 Å². The third kappa shape index (κ3) is 7.17. The second kappa shape index (κ2) is 9.28. The summed E-state index contributed by atoms with van der Waals surface area (Å²) in [4.78, 5) is 0. The number of hydrogen-bond donors (Lipinski definition) is 1. The second-order valence-corrected chi connectivity index (χ2v) is 2.30. The van der Waals surface area contributed by atoms with Gasteiger partial charge in [0.1, 0.15) is 0 Å². The average molecular weight is 155 g/mol. The van der Waals surface area contributed by atoms with Crippen LogP contribution in [-0.4, -0.2) is 0 Å². The molecule has 0 saturated heterocycles. The van der Waals surface area contributed by atoms with Crippen molar-refractivity contribution in [2.75, 3.05) is 0 Å². The van der Waals surface area contributed by atoms with Gasteiger partial charge < -0.3 is 5.73 Å². The van der Waals surface area contributed by atoms with Crippen LogP contribution in [0.2, 0.25) is 0 Å². The maximum absolute atomic E-state index is 5.22. The normalized spacial score (nSPS) is 11.6. The molecule has 0 aromatic carbocycles. The van der Waals surface area contributed by atoms with Crippen LogP contribution in [0.4, 0.5) is 0 Å². The Morgan fingerprint density at radius 3 is 1.82 bits per heavy atom. The van der Waals surface area contributed by atoms with E-state index < -0.39 is 0 Å². The number of nitrogens with two attached hydrogens (primary N) is 1. The molecular weight excluding hydrogens is 134 g/mol. The van der Waals surface area contributed by atoms with E-state index >= 15 is 0 Å². The van der Waals surface area contributed by atoms with E-state index in [-0.39, 0.29) is 0 Å². The van der Waals surface area contributed by atoms with Crippen LogP contribution in [0.15, 0.2) is 23.9 Å². The van der Waals surface area contributed by atoms with Crippen molar-refractivity contribution in [2.24, 2.45) is 11.7 Å². The van der Waals surface area contributed by atoms with Crippen molar-refractivity contribution in [2.45, 2.75) is 34.6 Å². The summed E-state index contributed by atoms with van der Waals surface area (Å²) in [5, 5.41) is 0. The fourth-order valence-corrected chi connectivity index (χ4v) is 0.733. The lowest BCUT2D eigenvalue weighted by atomic mass is 10.0. The van der Waals surface area contributed by atoms with Crippen molar-refractivity contribution in [3.8, 4) is 0 Å². The van der Waals surface area contributed by atoms with E-state index in [1.54, 1.807) is 6.20 Å². The molecule has 0 aromatic heterocycles. The lowest BCUT2D eigenvalue weighted by Gasteiger charge is -2.02. The van der Waals surface area contributed by atoms with Gasteiger partial charge in [-0.2, -0.15) is 0 Å². The Balaban J connectivity index is 0. The molecule has 1 heteroatoms. The van der Waals surface area contributed by atoms with Gasteiger partial charge in [0.2, 0.25) is 0 Å². The zero-order chi connectivity index (χ0) is 9.28. The molecular formula is C10H21N. The summed E-state index contributed by atoms with van der Waals surface area (Å²) >= 11 is 0. The molecule has 0 bridgehead atoms. The third-order valence-electron chi connectivity index (χ3n) is 1.29. The Labute approximate surface area is 71.0 Å². The fourth-order valence-electron chi connectivity index (χ4n) is 0.733. The monoisotopic (exact) mass is 155 g/mol. The number of hydrogen-bond acceptors (Lipinski definition) is 1. The van der Waals surface area contributed by atoms with Crippen LogP contribution in [0.3, 0.4) is 0 Å². The summed E-state index contributed by atoms with van der Waals surface area (Å²) < 4.78 is 0. The highest BCUT2D eigenvalue weighted by atomic mass is 14.5. The van der Waals surface area contributed by atoms with Crippen molar-refractivity contribution >= 4 is 0 Å². The van der Waals surface area contributed by atoms with E-state index in [2.05, 4.69) is 19.9 Å². The minimum absolute atomic E-state index is 0.579. The van der Waals surface area contributed by atoms with E-state index in [9.17, 15) is 0 Å². The van der Waals surface area contributed by atoms with Crippen LogP contribution in [0.5, 0.6) is 0 Å². The predicted octanol–water partition coefficient (Wildman–Crippen LogP) is 3.09.